The first-order valence-electron chi connectivity index (χ1n) is 7.34. The average Bonchev–Trinajstić information content (AvgIpc) is 2.37. The summed E-state index contributed by atoms with van der Waals surface area (Å²) in [6, 6.07) is 3.01. The van der Waals surface area contributed by atoms with Gasteiger partial charge in [-0.3, -0.25) is 0 Å². The largest absolute Gasteiger partial charge is 0.488 e. The van der Waals surface area contributed by atoms with E-state index < -0.39 is 5.82 Å². The molecule has 0 saturated heterocycles. The van der Waals surface area contributed by atoms with Gasteiger partial charge in [0.25, 0.3) is 0 Å². The summed E-state index contributed by atoms with van der Waals surface area (Å²) < 4.78 is 24.6. The van der Waals surface area contributed by atoms with Gasteiger partial charge in [0.05, 0.1) is 24.1 Å². The molecule has 21 heavy (non-hydrogen) atoms. The Morgan fingerprint density at radius 1 is 1.24 bits per heavy atom. The maximum atomic E-state index is 13.9. The van der Waals surface area contributed by atoms with Crippen LogP contribution in [0.3, 0.4) is 0 Å². The predicted octanol–water partition coefficient (Wildman–Crippen LogP) is 3.30. The fourth-order valence-electron chi connectivity index (χ4n) is 2.13. The molecular formula is C16H27FN2O2. The van der Waals surface area contributed by atoms with E-state index >= 15 is 0 Å². The van der Waals surface area contributed by atoms with Crippen molar-refractivity contribution >= 4 is 11.4 Å². The van der Waals surface area contributed by atoms with E-state index in [2.05, 4.69) is 18.7 Å². The fourth-order valence-corrected chi connectivity index (χ4v) is 2.13. The summed E-state index contributed by atoms with van der Waals surface area (Å²) in [5, 5.41) is 0. The van der Waals surface area contributed by atoms with E-state index in [1.54, 1.807) is 13.2 Å². The van der Waals surface area contributed by atoms with Gasteiger partial charge in [-0.15, -0.1) is 0 Å². The number of benzene rings is 1. The van der Waals surface area contributed by atoms with Gasteiger partial charge in [0.15, 0.2) is 11.6 Å². The summed E-state index contributed by atoms with van der Waals surface area (Å²) in [4.78, 5) is 2.11. The Bertz CT molecular complexity index is 450. The highest BCUT2D eigenvalue weighted by atomic mass is 19.1. The van der Waals surface area contributed by atoms with Crippen LogP contribution in [-0.2, 0) is 4.74 Å². The minimum Gasteiger partial charge on any atom is -0.488 e. The molecule has 0 saturated carbocycles. The van der Waals surface area contributed by atoms with Crippen molar-refractivity contribution in [3.63, 3.8) is 0 Å². The van der Waals surface area contributed by atoms with Crippen LogP contribution in [0.2, 0.25) is 0 Å². The van der Waals surface area contributed by atoms with Crippen LogP contribution in [0.5, 0.6) is 5.75 Å². The summed E-state index contributed by atoms with van der Waals surface area (Å²) in [6.45, 7) is 10.1. The summed E-state index contributed by atoms with van der Waals surface area (Å²) >= 11 is 0. The van der Waals surface area contributed by atoms with Gasteiger partial charge in [0.2, 0.25) is 0 Å². The molecule has 0 unspecified atom stereocenters. The molecular weight excluding hydrogens is 271 g/mol. The molecule has 0 spiro atoms. The van der Waals surface area contributed by atoms with Crippen LogP contribution < -0.4 is 15.4 Å². The molecule has 2 N–H and O–H groups in total. The monoisotopic (exact) mass is 298 g/mol. The molecule has 0 aliphatic carbocycles. The minimum absolute atomic E-state index is 0.0894. The molecule has 1 rings (SSSR count). The van der Waals surface area contributed by atoms with Crippen molar-refractivity contribution in [2.24, 2.45) is 5.92 Å². The standard InChI is InChI=1S/C16H27FN2O2/c1-11(2)10-19(6-7-20-5)15-9-16(21-12(3)4)13(17)8-14(15)18/h8-9,11-12H,6-7,10,18H2,1-5H3. The zero-order chi connectivity index (χ0) is 16.0. The number of rotatable bonds is 8. The molecule has 4 nitrogen and oxygen atoms in total. The van der Waals surface area contributed by atoms with Gasteiger partial charge in [-0.2, -0.15) is 0 Å². The number of nitrogens with zero attached hydrogens (tertiary/aromatic N) is 1. The van der Waals surface area contributed by atoms with Crippen molar-refractivity contribution in [1.29, 1.82) is 0 Å². The van der Waals surface area contributed by atoms with Gasteiger partial charge >= 0.3 is 0 Å². The van der Waals surface area contributed by atoms with Crippen LogP contribution in [0.15, 0.2) is 12.1 Å². The summed E-state index contributed by atoms with van der Waals surface area (Å²) in [7, 11) is 1.66. The highest BCUT2D eigenvalue weighted by molar-refractivity contribution is 5.70. The number of hydrogen-bond acceptors (Lipinski definition) is 4. The van der Waals surface area contributed by atoms with Crippen molar-refractivity contribution in [1.82, 2.24) is 0 Å². The van der Waals surface area contributed by atoms with Gasteiger partial charge in [-0.05, 0) is 19.8 Å². The van der Waals surface area contributed by atoms with Crippen molar-refractivity contribution in [3.05, 3.63) is 17.9 Å². The van der Waals surface area contributed by atoms with Crippen molar-refractivity contribution < 1.29 is 13.9 Å². The van der Waals surface area contributed by atoms with E-state index in [1.807, 2.05) is 13.8 Å². The average molecular weight is 298 g/mol. The predicted molar refractivity (Wildman–Crippen MR) is 85.5 cm³/mol. The minimum atomic E-state index is -0.429. The van der Waals surface area contributed by atoms with Crippen LogP contribution in [0.25, 0.3) is 0 Å². The molecule has 0 amide bonds. The van der Waals surface area contributed by atoms with Crippen molar-refractivity contribution in [2.75, 3.05) is 37.4 Å². The number of methoxy groups -OCH3 is 1. The Labute approximate surface area is 127 Å². The first-order valence-corrected chi connectivity index (χ1v) is 7.34. The molecule has 1 aromatic rings. The van der Waals surface area contributed by atoms with E-state index in [9.17, 15) is 4.39 Å². The van der Waals surface area contributed by atoms with E-state index in [0.29, 0.717) is 24.8 Å². The first-order chi connectivity index (χ1) is 9.85. The third kappa shape index (κ3) is 5.42. The number of hydrogen-bond donors (Lipinski definition) is 1. The molecule has 120 valence electrons. The zero-order valence-electron chi connectivity index (χ0n) is 13.6. The van der Waals surface area contributed by atoms with Crippen LogP contribution in [0.1, 0.15) is 27.7 Å². The second kappa shape index (κ2) is 8.08. The maximum Gasteiger partial charge on any atom is 0.167 e. The van der Waals surface area contributed by atoms with Gasteiger partial charge in [0.1, 0.15) is 0 Å². The van der Waals surface area contributed by atoms with Crippen molar-refractivity contribution in [3.8, 4) is 5.75 Å². The summed E-state index contributed by atoms with van der Waals surface area (Å²) in [6.07, 6.45) is -0.0894. The highest BCUT2D eigenvalue weighted by Crippen LogP contribution is 2.32. The molecule has 0 aromatic heterocycles. The SMILES string of the molecule is COCCN(CC(C)C)c1cc(OC(C)C)c(F)cc1N. The van der Waals surface area contributed by atoms with Gasteiger partial charge < -0.3 is 20.1 Å². The van der Waals surface area contributed by atoms with Crippen LogP contribution >= 0.6 is 0 Å². The Kier molecular flexibility index (Phi) is 6.75. The Morgan fingerprint density at radius 2 is 1.90 bits per heavy atom. The molecule has 0 aliphatic rings. The Balaban J connectivity index is 3.10. The van der Waals surface area contributed by atoms with Crippen LogP contribution in [0.4, 0.5) is 15.8 Å². The highest BCUT2D eigenvalue weighted by Gasteiger charge is 2.16. The number of nitrogens with two attached hydrogens (primary N) is 1. The maximum absolute atomic E-state index is 13.9. The molecule has 0 radical (unpaired) electrons. The lowest BCUT2D eigenvalue weighted by molar-refractivity contribution is 0.204. The Morgan fingerprint density at radius 3 is 2.43 bits per heavy atom. The van der Waals surface area contributed by atoms with Gasteiger partial charge in [0, 0.05) is 32.3 Å². The molecule has 1 aromatic carbocycles. The lowest BCUT2D eigenvalue weighted by atomic mass is 10.1. The number of nitrogen functional groups attached to an aromatic ring is 1. The Hall–Kier alpha value is -1.49. The van der Waals surface area contributed by atoms with Gasteiger partial charge in [-0.1, -0.05) is 13.8 Å². The summed E-state index contributed by atoms with van der Waals surface area (Å²) in [5.74, 6) is 0.266. The third-order valence-corrected chi connectivity index (χ3v) is 2.94. The second-order valence-electron chi connectivity index (χ2n) is 5.84. The molecule has 0 fully saturated rings. The molecule has 0 heterocycles. The second-order valence-corrected chi connectivity index (χ2v) is 5.84. The van der Waals surface area contributed by atoms with Crippen LogP contribution in [-0.4, -0.2) is 32.9 Å². The zero-order valence-corrected chi connectivity index (χ0v) is 13.6. The first kappa shape index (κ1) is 17.6. The number of halogens is 1. The molecule has 5 heteroatoms. The quantitative estimate of drug-likeness (QED) is 0.748. The summed E-state index contributed by atoms with van der Waals surface area (Å²) in [5.41, 5.74) is 7.20. The lowest BCUT2D eigenvalue weighted by Gasteiger charge is -2.28. The topological polar surface area (TPSA) is 47.7 Å². The fraction of sp³-hybridized carbons (Fsp3) is 0.625. The van der Waals surface area contributed by atoms with E-state index in [0.717, 1.165) is 12.2 Å². The van der Waals surface area contributed by atoms with E-state index in [4.69, 9.17) is 15.2 Å². The van der Waals surface area contributed by atoms with Gasteiger partial charge in [-0.25, -0.2) is 4.39 Å². The van der Waals surface area contributed by atoms with E-state index in [1.165, 1.54) is 6.07 Å². The van der Waals surface area contributed by atoms with E-state index in [-0.39, 0.29) is 11.9 Å². The third-order valence-electron chi connectivity index (χ3n) is 2.94. The normalized spacial score (nSPS) is 11.2. The van der Waals surface area contributed by atoms with Crippen LogP contribution in [0, 0.1) is 11.7 Å². The van der Waals surface area contributed by atoms with Crippen molar-refractivity contribution in [2.45, 2.75) is 33.8 Å². The molecule has 0 atom stereocenters. The molecule has 0 bridgehead atoms. The molecule has 0 aliphatic heterocycles. The smallest absolute Gasteiger partial charge is 0.167 e. The lowest BCUT2D eigenvalue weighted by Crippen LogP contribution is -2.31. The number of anilines is 2. The number of ether oxygens (including phenoxy) is 2.